The highest BCUT2D eigenvalue weighted by Gasteiger charge is 2.14. The molecule has 0 heterocycles. The van der Waals surface area contributed by atoms with Gasteiger partial charge < -0.3 is 19.3 Å². The van der Waals surface area contributed by atoms with Gasteiger partial charge in [0.15, 0.2) is 0 Å². The number of fused-ring (bicyclic) bond motifs is 1. The van der Waals surface area contributed by atoms with Crippen molar-refractivity contribution >= 4 is 22.8 Å². The summed E-state index contributed by atoms with van der Waals surface area (Å²) in [5.74, 6) is 0.942. The van der Waals surface area contributed by atoms with Crippen LogP contribution in [-0.2, 0) is 9.53 Å². The number of methoxy groups -OCH3 is 3. The Kier molecular flexibility index (Phi) is 4.88. The van der Waals surface area contributed by atoms with Crippen LogP contribution in [0.3, 0.4) is 0 Å². The van der Waals surface area contributed by atoms with Crippen molar-refractivity contribution in [3.63, 3.8) is 0 Å². The van der Waals surface area contributed by atoms with E-state index in [-0.39, 0.29) is 18.1 Å². The summed E-state index contributed by atoms with van der Waals surface area (Å²) >= 11 is 0. The Morgan fingerprint density at radius 1 is 1.23 bits per heavy atom. The number of esters is 1. The molecular weight excluding hydrogens is 284 g/mol. The zero-order valence-corrected chi connectivity index (χ0v) is 12.8. The van der Waals surface area contributed by atoms with E-state index in [4.69, 9.17) is 9.47 Å². The molecule has 2 rings (SSSR count). The maximum Gasteiger partial charge on any atom is 0.309 e. The standard InChI is InChI=1S/C17H18O5/c1-20-14-10-11(6-4-9-15(19)21-2)17(22-3)12-7-5-8-13(18)16(12)14/h4-8,10,18H,9H2,1-3H3/b6-4+. The molecule has 1 N–H and O–H groups in total. The van der Waals surface area contributed by atoms with Crippen molar-refractivity contribution in [1.29, 1.82) is 0 Å². The Morgan fingerprint density at radius 3 is 2.64 bits per heavy atom. The first-order valence-electron chi connectivity index (χ1n) is 6.72. The van der Waals surface area contributed by atoms with Crippen molar-refractivity contribution in [2.75, 3.05) is 21.3 Å². The number of phenols is 1. The fourth-order valence-electron chi connectivity index (χ4n) is 2.30. The smallest absolute Gasteiger partial charge is 0.309 e. The van der Waals surface area contributed by atoms with Crippen molar-refractivity contribution in [3.05, 3.63) is 35.9 Å². The lowest BCUT2D eigenvalue weighted by Gasteiger charge is -2.14. The highest BCUT2D eigenvalue weighted by atomic mass is 16.5. The first-order valence-corrected chi connectivity index (χ1v) is 6.72. The summed E-state index contributed by atoms with van der Waals surface area (Å²) in [5, 5.41) is 11.4. The molecular formula is C17H18O5. The molecule has 22 heavy (non-hydrogen) atoms. The first kappa shape index (κ1) is 15.7. The minimum atomic E-state index is -0.319. The molecule has 0 aromatic heterocycles. The van der Waals surface area contributed by atoms with E-state index in [2.05, 4.69) is 4.74 Å². The van der Waals surface area contributed by atoms with E-state index in [1.165, 1.54) is 14.2 Å². The average molecular weight is 302 g/mol. The zero-order valence-electron chi connectivity index (χ0n) is 12.8. The third kappa shape index (κ3) is 2.98. The van der Waals surface area contributed by atoms with E-state index < -0.39 is 0 Å². The van der Waals surface area contributed by atoms with Gasteiger partial charge in [0.1, 0.15) is 17.2 Å². The van der Waals surface area contributed by atoms with Crippen LogP contribution in [0.5, 0.6) is 17.2 Å². The third-order valence-electron chi connectivity index (χ3n) is 3.32. The lowest BCUT2D eigenvalue weighted by Crippen LogP contribution is -1.97. The minimum absolute atomic E-state index is 0.123. The molecule has 116 valence electrons. The van der Waals surface area contributed by atoms with Crippen LogP contribution in [0.2, 0.25) is 0 Å². The molecule has 0 saturated carbocycles. The van der Waals surface area contributed by atoms with Crippen LogP contribution in [0.4, 0.5) is 0 Å². The molecule has 0 spiro atoms. The molecule has 0 fully saturated rings. The average Bonchev–Trinajstić information content (AvgIpc) is 2.53. The van der Waals surface area contributed by atoms with E-state index >= 15 is 0 Å². The van der Waals surface area contributed by atoms with Gasteiger partial charge in [0.2, 0.25) is 0 Å². The number of hydrogen-bond donors (Lipinski definition) is 1. The predicted octanol–water partition coefficient (Wildman–Crippen LogP) is 3.14. The number of carbonyl (C=O) groups is 1. The molecule has 0 saturated heterocycles. The van der Waals surface area contributed by atoms with E-state index in [1.54, 1.807) is 37.5 Å². The van der Waals surface area contributed by atoms with Crippen LogP contribution in [0.1, 0.15) is 12.0 Å². The van der Waals surface area contributed by atoms with Gasteiger partial charge in [-0.1, -0.05) is 24.3 Å². The van der Waals surface area contributed by atoms with Crippen molar-refractivity contribution < 1.29 is 24.1 Å². The number of hydrogen-bond acceptors (Lipinski definition) is 5. The molecule has 0 aliphatic carbocycles. The van der Waals surface area contributed by atoms with Crippen molar-refractivity contribution in [3.8, 4) is 17.2 Å². The van der Waals surface area contributed by atoms with Crippen molar-refractivity contribution in [2.24, 2.45) is 0 Å². The summed E-state index contributed by atoms with van der Waals surface area (Å²) in [6, 6.07) is 6.93. The Hall–Kier alpha value is -2.69. The van der Waals surface area contributed by atoms with Gasteiger partial charge in [-0.25, -0.2) is 0 Å². The summed E-state index contributed by atoms with van der Waals surface area (Å²) in [7, 11) is 4.44. The Bertz CT molecular complexity index is 719. The maximum atomic E-state index is 11.2. The van der Waals surface area contributed by atoms with Gasteiger partial charge in [0.05, 0.1) is 33.1 Å². The Labute approximate surface area is 128 Å². The molecule has 0 aliphatic heterocycles. The van der Waals surface area contributed by atoms with Crippen LogP contribution in [-0.4, -0.2) is 32.4 Å². The molecule has 2 aromatic rings. The SMILES string of the molecule is COC(=O)C/C=C/c1cc(OC)c2c(O)cccc2c1OC. The van der Waals surface area contributed by atoms with E-state index in [9.17, 15) is 9.90 Å². The van der Waals surface area contributed by atoms with E-state index in [1.807, 2.05) is 6.07 Å². The number of aromatic hydroxyl groups is 1. The van der Waals surface area contributed by atoms with Crippen LogP contribution < -0.4 is 9.47 Å². The van der Waals surface area contributed by atoms with Gasteiger partial charge in [0.25, 0.3) is 0 Å². The lowest BCUT2D eigenvalue weighted by molar-refractivity contribution is -0.139. The monoisotopic (exact) mass is 302 g/mol. The molecule has 0 aliphatic rings. The third-order valence-corrected chi connectivity index (χ3v) is 3.32. The molecule has 2 aromatic carbocycles. The lowest BCUT2D eigenvalue weighted by atomic mass is 10.0. The molecule has 5 heteroatoms. The number of phenolic OH excluding ortho intramolecular Hbond substituents is 1. The summed E-state index contributed by atoms with van der Waals surface area (Å²) in [4.78, 5) is 11.2. The highest BCUT2D eigenvalue weighted by molar-refractivity contribution is 6.00. The second kappa shape index (κ2) is 6.85. The molecule has 0 amide bonds. The molecule has 0 unspecified atom stereocenters. The Balaban J connectivity index is 2.57. The quantitative estimate of drug-likeness (QED) is 0.860. The van der Waals surface area contributed by atoms with Crippen LogP contribution in [0.15, 0.2) is 30.3 Å². The van der Waals surface area contributed by atoms with Gasteiger partial charge in [-0.05, 0) is 12.1 Å². The van der Waals surface area contributed by atoms with Gasteiger partial charge in [-0.15, -0.1) is 0 Å². The molecule has 0 bridgehead atoms. The topological polar surface area (TPSA) is 65.0 Å². The van der Waals surface area contributed by atoms with Crippen LogP contribution in [0.25, 0.3) is 16.8 Å². The largest absolute Gasteiger partial charge is 0.507 e. The Morgan fingerprint density at radius 2 is 2.00 bits per heavy atom. The molecule has 0 radical (unpaired) electrons. The summed E-state index contributed by atoms with van der Waals surface area (Å²) < 4.78 is 15.4. The predicted molar refractivity (Wildman–Crippen MR) is 84.4 cm³/mol. The normalized spacial score (nSPS) is 10.9. The number of carbonyl (C=O) groups excluding carboxylic acids is 1. The van der Waals surface area contributed by atoms with Gasteiger partial charge >= 0.3 is 5.97 Å². The summed E-state index contributed by atoms with van der Waals surface area (Å²) in [6.45, 7) is 0. The maximum absolute atomic E-state index is 11.2. The molecule has 0 atom stereocenters. The van der Waals surface area contributed by atoms with Crippen molar-refractivity contribution in [2.45, 2.75) is 6.42 Å². The zero-order chi connectivity index (χ0) is 16.1. The van der Waals surface area contributed by atoms with Gasteiger partial charge in [0, 0.05) is 10.9 Å². The fraction of sp³-hybridized carbons (Fsp3) is 0.235. The van der Waals surface area contributed by atoms with Crippen LogP contribution >= 0.6 is 0 Å². The van der Waals surface area contributed by atoms with E-state index in [0.717, 1.165) is 10.9 Å². The van der Waals surface area contributed by atoms with Crippen molar-refractivity contribution in [1.82, 2.24) is 0 Å². The van der Waals surface area contributed by atoms with E-state index in [0.29, 0.717) is 16.9 Å². The van der Waals surface area contributed by atoms with Crippen LogP contribution in [0, 0.1) is 0 Å². The number of ether oxygens (including phenoxy) is 3. The fourth-order valence-corrected chi connectivity index (χ4v) is 2.30. The molecule has 5 nitrogen and oxygen atoms in total. The summed E-state index contributed by atoms with van der Waals surface area (Å²) in [6.07, 6.45) is 3.62. The highest BCUT2D eigenvalue weighted by Crippen LogP contribution is 2.41. The minimum Gasteiger partial charge on any atom is -0.507 e. The second-order valence-corrected chi connectivity index (χ2v) is 4.58. The number of rotatable bonds is 5. The van der Waals surface area contributed by atoms with Gasteiger partial charge in [-0.3, -0.25) is 4.79 Å². The second-order valence-electron chi connectivity index (χ2n) is 4.58. The first-order chi connectivity index (χ1) is 10.6. The van der Waals surface area contributed by atoms with Gasteiger partial charge in [-0.2, -0.15) is 0 Å². The summed E-state index contributed by atoms with van der Waals surface area (Å²) in [5.41, 5.74) is 0.751. The number of benzene rings is 2.